The third-order valence-corrected chi connectivity index (χ3v) is 16.4. The first-order valence-electron chi connectivity index (χ1n) is 33.3. The zero-order valence-electron chi connectivity index (χ0n) is 51.1. The maximum absolute atomic E-state index is 12.8. The second-order valence-electron chi connectivity index (χ2n) is 24.2. The van der Waals surface area contributed by atoms with Crippen molar-refractivity contribution in [2.24, 2.45) is 0 Å². The summed E-state index contributed by atoms with van der Waals surface area (Å²) in [6, 6.07) is 0. The van der Waals surface area contributed by atoms with E-state index in [1.807, 2.05) is 21.1 Å². The third-order valence-electron chi connectivity index (χ3n) is 15.4. The number of phosphoric acid groups is 1. The van der Waals surface area contributed by atoms with E-state index in [2.05, 4.69) is 13.8 Å². The van der Waals surface area contributed by atoms with Gasteiger partial charge in [0, 0.05) is 12.8 Å². The maximum atomic E-state index is 12.8. The Morgan fingerprint density at radius 1 is 0.360 bits per heavy atom. The van der Waals surface area contributed by atoms with E-state index in [9.17, 15) is 19.0 Å². The minimum Gasteiger partial charge on any atom is -0.462 e. The van der Waals surface area contributed by atoms with Crippen LogP contribution >= 0.6 is 7.82 Å². The zero-order chi connectivity index (χ0) is 54.9. The summed E-state index contributed by atoms with van der Waals surface area (Å²) in [6.45, 7) is 4.49. The first kappa shape index (κ1) is 74.0. The lowest BCUT2D eigenvalue weighted by molar-refractivity contribution is -0.870. The number of carbonyl (C=O) groups is 2. The van der Waals surface area contributed by atoms with Gasteiger partial charge in [0.2, 0.25) is 0 Å². The first-order valence-corrected chi connectivity index (χ1v) is 34.8. The number of ether oxygens (including phenoxy) is 2. The van der Waals surface area contributed by atoms with Gasteiger partial charge in [-0.3, -0.25) is 18.6 Å². The Morgan fingerprint density at radius 2 is 0.600 bits per heavy atom. The van der Waals surface area contributed by atoms with E-state index >= 15 is 0 Å². The second-order valence-corrected chi connectivity index (χ2v) is 25.7. The summed E-state index contributed by atoms with van der Waals surface area (Å²) in [7, 11) is 1.50. The van der Waals surface area contributed by atoms with Gasteiger partial charge in [0.1, 0.15) is 19.8 Å². The van der Waals surface area contributed by atoms with Crippen LogP contribution in [-0.4, -0.2) is 74.9 Å². The van der Waals surface area contributed by atoms with Crippen LogP contribution in [0.15, 0.2) is 0 Å². The van der Waals surface area contributed by atoms with Crippen LogP contribution in [0.25, 0.3) is 0 Å². The highest BCUT2D eigenvalue weighted by Crippen LogP contribution is 2.43. The molecule has 0 bridgehead atoms. The van der Waals surface area contributed by atoms with Crippen LogP contribution in [-0.2, 0) is 32.7 Å². The molecule has 9 nitrogen and oxygen atoms in total. The molecule has 0 aromatic carbocycles. The minimum absolute atomic E-state index is 0.0373. The zero-order valence-corrected chi connectivity index (χ0v) is 52.0. The Balaban J connectivity index is 3.80. The lowest BCUT2D eigenvalue weighted by Crippen LogP contribution is -2.37. The average molecular weight is 1090 g/mol. The van der Waals surface area contributed by atoms with Gasteiger partial charge in [-0.2, -0.15) is 0 Å². The SMILES string of the molecule is CCCCCCCCCCCCCCCCCCCCCCCCCCCCCCCCCCCCCCCCCC(=O)OC(COC(=O)CCCCCCCCCCCCCC)COP(=O)(O)OCC[N+](C)(C)C. The van der Waals surface area contributed by atoms with Crippen molar-refractivity contribution < 1.29 is 42.1 Å². The summed E-state index contributed by atoms with van der Waals surface area (Å²) in [5.41, 5.74) is 0. The van der Waals surface area contributed by atoms with Gasteiger partial charge in [-0.25, -0.2) is 4.57 Å². The molecule has 1 N–H and O–H groups in total. The van der Waals surface area contributed by atoms with Crippen molar-refractivity contribution in [3.05, 3.63) is 0 Å². The van der Waals surface area contributed by atoms with E-state index in [0.717, 1.165) is 38.5 Å². The molecule has 0 aromatic rings. The summed E-state index contributed by atoms with van der Waals surface area (Å²) in [6.07, 6.45) is 68.1. The first-order chi connectivity index (χ1) is 36.5. The monoisotopic (exact) mass is 1080 g/mol. The quantitative estimate of drug-likeness (QED) is 0.0278. The number of nitrogens with zero attached hydrogens (tertiary/aromatic N) is 1. The number of likely N-dealkylation sites (N-methyl/N-ethyl adjacent to an activating group) is 1. The molecule has 448 valence electrons. The number of rotatable bonds is 63. The van der Waals surface area contributed by atoms with Crippen molar-refractivity contribution in [1.29, 1.82) is 0 Å². The van der Waals surface area contributed by atoms with Crippen LogP contribution in [0.1, 0.15) is 354 Å². The molecular formula is C65H131NO8P+. The summed E-state index contributed by atoms with van der Waals surface area (Å²) in [5.74, 6) is -0.776. The van der Waals surface area contributed by atoms with Gasteiger partial charge < -0.3 is 18.9 Å². The fourth-order valence-electron chi connectivity index (χ4n) is 10.3. The number of esters is 2. The molecule has 0 heterocycles. The molecule has 0 aromatic heterocycles. The van der Waals surface area contributed by atoms with Gasteiger partial charge in [0.25, 0.3) is 0 Å². The van der Waals surface area contributed by atoms with Gasteiger partial charge in [0.15, 0.2) is 6.10 Å². The topological polar surface area (TPSA) is 108 Å². The van der Waals surface area contributed by atoms with Gasteiger partial charge in [0.05, 0.1) is 27.7 Å². The molecule has 0 aliphatic heterocycles. The molecule has 0 amide bonds. The van der Waals surface area contributed by atoms with Crippen molar-refractivity contribution in [2.45, 2.75) is 360 Å². The maximum Gasteiger partial charge on any atom is 0.472 e. The average Bonchev–Trinajstić information content (AvgIpc) is 3.37. The van der Waals surface area contributed by atoms with Gasteiger partial charge in [-0.15, -0.1) is 0 Å². The molecule has 2 atom stereocenters. The van der Waals surface area contributed by atoms with Crippen LogP contribution in [0.5, 0.6) is 0 Å². The molecule has 0 aliphatic carbocycles. The molecular weight excluding hydrogens is 954 g/mol. The van der Waals surface area contributed by atoms with E-state index in [1.165, 1.54) is 289 Å². The minimum atomic E-state index is -4.38. The largest absolute Gasteiger partial charge is 0.472 e. The van der Waals surface area contributed by atoms with E-state index in [1.54, 1.807) is 0 Å². The molecule has 0 saturated carbocycles. The van der Waals surface area contributed by atoms with Crippen LogP contribution in [0, 0.1) is 0 Å². The lowest BCUT2D eigenvalue weighted by Gasteiger charge is -2.24. The highest BCUT2D eigenvalue weighted by atomic mass is 31.2. The summed E-state index contributed by atoms with van der Waals surface area (Å²) in [4.78, 5) is 35.6. The standard InChI is InChI=1S/C65H130NO8P/c1-6-8-10-12-14-16-18-20-21-22-23-24-25-26-27-28-29-30-31-32-33-34-35-36-37-38-39-40-41-42-43-44-45-46-48-50-52-54-56-58-65(68)74-63(62-73-75(69,70)72-60-59-66(3,4)5)61-71-64(67)57-55-53-51-49-47-19-17-15-13-11-9-7-2/h63H,6-62H2,1-5H3/p+1. The predicted octanol–water partition coefficient (Wildman–Crippen LogP) is 21.0. The molecule has 75 heavy (non-hydrogen) atoms. The smallest absolute Gasteiger partial charge is 0.462 e. The van der Waals surface area contributed by atoms with Crippen molar-refractivity contribution in [2.75, 3.05) is 47.5 Å². The van der Waals surface area contributed by atoms with Gasteiger partial charge >= 0.3 is 19.8 Å². The number of carbonyl (C=O) groups excluding carboxylic acids is 2. The predicted molar refractivity (Wildman–Crippen MR) is 322 cm³/mol. The van der Waals surface area contributed by atoms with Crippen LogP contribution in [0.2, 0.25) is 0 Å². The summed E-state index contributed by atoms with van der Waals surface area (Å²) in [5, 5.41) is 0. The van der Waals surface area contributed by atoms with Crippen LogP contribution < -0.4 is 0 Å². The van der Waals surface area contributed by atoms with E-state index in [4.69, 9.17) is 18.5 Å². The molecule has 0 radical (unpaired) electrons. The van der Waals surface area contributed by atoms with Crippen molar-refractivity contribution in [3.63, 3.8) is 0 Å². The second kappa shape index (κ2) is 57.7. The Kier molecular flexibility index (Phi) is 56.9. The highest BCUT2D eigenvalue weighted by Gasteiger charge is 2.27. The van der Waals surface area contributed by atoms with E-state index in [-0.39, 0.29) is 25.6 Å². The number of hydrogen-bond acceptors (Lipinski definition) is 7. The molecule has 0 saturated heterocycles. The fourth-order valence-corrected chi connectivity index (χ4v) is 11.0. The normalized spacial score (nSPS) is 13.1. The molecule has 0 spiro atoms. The Morgan fingerprint density at radius 3 is 0.853 bits per heavy atom. The molecule has 0 fully saturated rings. The summed E-state index contributed by atoms with van der Waals surface area (Å²) < 4.78 is 34.6. The Labute approximate surface area is 467 Å². The number of unbranched alkanes of at least 4 members (excludes halogenated alkanes) is 49. The van der Waals surface area contributed by atoms with E-state index < -0.39 is 26.5 Å². The van der Waals surface area contributed by atoms with E-state index in [0.29, 0.717) is 17.4 Å². The Hall–Kier alpha value is -0.990. The fraction of sp³-hybridized carbons (Fsp3) is 0.969. The molecule has 2 unspecified atom stereocenters. The van der Waals surface area contributed by atoms with Crippen LogP contribution in [0.3, 0.4) is 0 Å². The Bertz CT molecular complexity index is 1230. The van der Waals surface area contributed by atoms with Gasteiger partial charge in [-0.05, 0) is 12.8 Å². The third kappa shape index (κ3) is 62.1. The number of quaternary nitrogens is 1. The summed E-state index contributed by atoms with van der Waals surface area (Å²) >= 11 is 0. The number of hydrogen-bond donors (Lipinski definition) is 1. The van der Waals surface area contributed by atoms with Crippen LogP contribution in [0.4, 0.5) is 0 Å². The van der Waals surface area contributed by atoms with Crippen molar-refractivity contribution in [3.8, 4) is 0 Å². The van der Waals surface area contributed by atoms with Crippen molar-refractivity contribution >= 4 is 19.8 Å². The molecule has 10 heteroatoms. The van der Waals surface area contributed by atoms with Gasteiger partial charge in [-0.1, -0.05) is 328 Å². The van der Waals surface area contributed by atoms with Crippen molar-refractivity contribution in [1.82, 2.24) is 0 Å². The molecule has 0 rings (SSSR count). The lowest BCUT2D eigenvalue weighted by atomic mass is 10.0. The highest BCUT2D eigenvalue weighted by molar-refractivity contribution is 7.47. The number of phosphoric ester groups is 1. The molecule has 0 aliphatic rings.